The standard InChI is InChI=1S/C16H18N4O3/c21-15(19-6-8-20(9-7-19)16(22)23)14(13-10-17-11-18-13)12-4-2-1-3-5-12/h1-5,10-11,14H,6-9H2,(H,17,18)(H,22,23). The lowest BCUT2D eigenvalue weighted by Gasteiger charge is -2.35. The average Bonchev–Trinajstić information content (AvgIpc) is 3.10. The van der Waals surface area contributed by atoms with E-state index in [1.54, 1.807) is 17.4 Å². The number of benzene rings is 1. The molecule has 23 heavy (non-hydrogen) atoms. The molecule has 1 fully saturated rings. The van der Waals surface area contributed by atoms with Gasteiger partial charge in [-0.25, -0.2) is 9.78 Å². The number of piperazine rings is 1. The van der Waals surface area contributed by atoms with Gasteiger partial charge in [0.15, 0.2) is 0 Å². The molecule has 3 rings (SSSR count). The third-order valence-corrected chi connectivity index (χ3v) is 4.07. The van der Waals surface area contributed by atoms with Crippen LogP contribution in [0.25, 0.3) is 0 Å². The molecule has 120 valence electrons. The molecule has 2 aromatic rings. The summed E-state index contributed by atoms with van der Waals surface area (Å²) in [7, 11) is 0. The van der Waals surface area contributed by atoms with Crippen molar-refractivity contribution >= 4 is 12.0 Å². The topological polar surface area (TPSA) is 89.5 Å². The van der Waals surface area contributed by atoms with Gasteiger partial charge in [-0.2, -0.15) is 0 Å². The van der Waals surface area contributed by atoms with E-state index in [1.165, 1.54) is 4.90 Å². The molecule has 2 heterocycles. The molecule has 2 amide bonds. The summed E-state index contributed by atoms with van der Waals surface area (Å²) >= 11 is 0. The van der Waals surface area contributed by atoms with Crippen LogP contribution in [-0.2, 0) is 4.79 Å². The molecule has 0 saturated carbocycles. The lowest BCUT2D eigenvalue weighted by Crippen LogP contribution is -2.51. The summed E-state index contributed by atoms with van der Waals surface area (Å²) in [5.74, 6) is -0.486. The van der Waals surface area contributed by atoms with Crippen LogP contribution in [-0.4, -0.2) is 63.1 Å². The Kier molecular flexibility index (Phi) is 4.27. The van der Waals surface area contributed by atoms with Gasteiger partial charge in [0, 0.05) is 32.4 Å². The van der Waals surface area contributed by atoms with Crippen molar-refractivity contribution < 1.29 is 14.7 Å². The Balaban J connectivity index is 1.81. The van der Waals surface area contributed by atoms with Gasteiger partial charge in [-0.1, -0.05) is 30.3 Å². The summed E-state index contributed by atoms with van der Waals surface area (Å²) in [4.78, 5) is 34.1. The number of amides is 2. The van der Waals surface area contributed by atoms with Gasteiger partial charge in [0.1, 0.15) is 5.92 Å². The first kappa shape index (κ1) is 15.1. The second-order valence-electron chi connectivity index (χ2n) is 5.45. The number of aromatic amines is 1. The van der Waals surface area contributed by atoms with Crippen molar-refractivity contribution in [1.29, 1.82) is 0 Å². The van der Waals surface area contributed by atoms with Gasteiger partial charge in [-0.3, -0.25) is 4.79 Å². The molecule has 0 radical (unpaired) electrons. The first-order valence-electron chi connectivity index (χ1n) is 7.46. The number of hydrogen-bond donors (Lipinski definition) is 2. The van der Waals surface area contributed by atoms with E-state index in [4.69, 9.17) is 5.11 Å². The first-order chi connectivity index (χ1) is 11.2. The first-order valence-corrected chi connectivity index (χ1v) is 7.46. The SMILES string of the molecule is O=C(O)N1CCN(C(=O)C(c2ccccc2)c2cnc[nH]2)CC1. The third-order valence-electron chi connectivity index (χ3n) is 4.07. The fraction of sp³-hybridized carbons (Fsp3) is 0.312. The fourth-order valence-corrected chi connectivity index (χ4v) is 2.83. The van der Waals surface area contributed by atoms with Crippen molar-refractivity contribution in [3.8, 4) is 0 Å². The minimum Gasteiger partial charge on any atom is -0.465 e. The molecule has 0 aliphatic carbocycles. The summed E-state index contributed by atoms with van der Waals surface area (Å²) < 4.78 is 0. The number of carbonyl (C=O) groups is 2. The number of carbonyl (C=O) groups excluding carboxylic acids is 1. The number of aromatic nitrogens is 2. The number of H-pyrrole nitrogens is 1. The Hall–Kier alpha value is -2.83. The second-order valence-corrected chi connectivity index (χ2v) is 5.45. The number of nitrogens with one attached hydrogen (secondary N) is 1. The van der Waals surface area contributed by atoms with Gasteiger partial charge in [-0.05, 0) is 5.56 Å². The van der Waals surface area contributed by atoms with E-state index in [0.29, 0.717) is 26.2 Å². The minimum atomic E-state index is -0.940. The molecule has 1 atom stereocenters. The lowest BCUT2D eigenvalue weighted by atomic mass is 9.94. The maximum atomic E-state index is 13.0. The maximum absolute atomic E-state index is 13.0. The van der Waals surface area contributed by atoms with Crippen LogP contribution in [0.15, 0.2) is 42.9 Å². The van der Waals surface area contributed by atoms with Crippen LogP contribution in [0.1, 0.15) is 17.2 Å². The summed E-state index contributed by atoms with van der Waals surface area (Å²) in [6, 6.07) is 9.53. The second kappa shape index (κ2) is 6.51. The van der Waals surface area contributed by atoms with Crippen molar-refractivity contribution in [1.82, 2.24) is 19.8 Å². The van der Waals surface area contributed by atoms with Gasteiger partial charge in [0.05, 0.1) is 12.0 Å². The Labute approximate surface area is 133 Å². The van der Waals surface area contributed by atoms with E-state index in [9.17, 15) is 9.59 Å². The van der Waals surface area contributed by atoms with Gasteiger partial charge < -0.3 is 19.9 Å². The van der Waals surface area contributed by atoms with E-state index in [1.807, 2.05) is 30.3 Å². The Morgan fingerprint density at radius 3 is 2.30 bits per heavy atom. The van der Waals surface area contributed by atoms with Crippen LogP contribution in [0.4, 0.5) is 4.79 Å². The van der Waals surface area contributed by atoms with Gasteiger partial charge in [0.25, 0.3) is 0 Å². The van der Waals surface area contributed by atoms with Crippen LogP contribution in [0.3, 0.4) is 0 Å². The number of imidazole rings is 1. The van der Waals surface area contributed by atoms with Crippen molar-refractivity contribution in [3.63, 3.8) is 0 Å². The molecule has 1 aliphatic rings. The van der Waals surface area contributed by atoms with E-state index < -0.39 is 12.0 Å². The van der Waals surface area contributed by atoms with Crippen molar-refractivity contribution in [2.24, 2.45) is 0 Å². The largest absolute Gasteiger partial charge is 0.465 e. The van der Waals surface area contributed by atoms with Gasteiger partial charge in [0.2, 0.25) is 5.91 Å². The van der Waals surface area contributed by atoms with Crippen molar-refractivity contribution in [3.05, 3.63) is 54.1 Å². The molecule has 1 aliphatic heterocycles. The molecule has 0 spiro atoms. The molecule has 2 N–H and O–H groups in total. The highest BCUT2D eigenvalue weighted by atomic mass is 16.4. The maximum Gasteiger partial charge on any atom is 0.407 e. The highest BCUT2D eigenvalue weighted by molar-refractivity contribution is 5.87. The number of nitrogens with zero attached hydrogens (tertiary/aromatic N) is 3. The van der Waals surface area contributed by atoms with Crippen LogP contribution in [0, 0.1) is 0 Å². The van der Waals surface area contributed by atoms with Crippen LogP contribution in [0.5, 0.6) is 0 Å². The molecule has 1 aromatic carbocycles. The molecular formula is C16H18N4O3. The number of hydrogen-bond acceptors (Lipinski definition) is 3. The highest BCUT2D eigenvalue weighted by Gasteiger charge is 2.31. The normalized spacial score (nSPS) is 16.2. The zero-order valence-corrected chi connectivity index (χ0v) is 12.6. The van der Waals surface area contributed by atoms with E-state index in [0.717, 1.165) is 11.3 Å². The lowest BCUT2D eigenvalue weighted by molar-refractivity contribution is -0.133. The van der Waals surface area contributed by atoms with E-state index in [-0.39, 0.29) is 5.91 Å². The van der Waals surface area contributed by atoms with Crippen LogP contribution < -0.4 is 0 Å². The highest BCUT2D eigenvalue weighted by Crippen LogP contribution is 2.25. The van der Waals surface area contributed by atoms with Crippen molar-refractivity contribution in [2.45, 2.75) is 5.92 Å². The van der Waals surface area contributed by atoms with Crippen LogP contribution in [0.2, 0.25) is 0 Å². The van der Waals surface area contributed by atoms with Crippen LogP contribution >= 0.6 is 0 Å². The summed E-state index contributed by atoms with van der Waals surface area (Å²) in [6.45, 7) is 1.49. The predicted octanol–water partition coefficient (Wildman–Crippen LogP) is 1.36. The summed E-state index contributed by atoms with van der Waals surface area (Å²) in [5, 5.41) is 9.01. The van der Waals surface area contributed by atoms with Crippen molar-refractivity contribution in [2.75, 3.05) is 26.2 Å². The zero-order chi connectivity index (χ0) is 16.2. The number of carboxylic acid groups (broad SMARTS) is 1. The molecule has 7 nitrogen and oxygen atoms in total. The average molecular weight is 314 g/mol. The Morgan fingerprint density at radius 2 is 1.74 bits per heavy atom. The smallest absolute Gasteiger partial charge is 0.407 e. The molecule has 1 aromatic heterocycles. The summed E-state index contributed by atoms with van der Waals surface area (Å²) in [6.07, 6.45) is 2.27. The molecule has 7 heteroatoms. The third kappa shape index (κ3) is 3.18. The predicted molar refractivity (Wildman–Crippen MR) is 83.1 cm³/mol. The zero-order valence-electron chi connectivity index (χ0n) is 12.6. The molecule has 0 bridgehead atoms. The van der Waals surface area contributed by atoms with Gasteiger partial charge >= 0.3 is 6.09 Å². The fourth-order valence-electron chi connectivity index (χ4n) is 2.83. The Morgan fingerprint density at radius 1 is 1.09 bits per heavy atom. The molecule has 1 saturated heterocycles. The number of rotatable bonds is 3. The molecular weight excluding hydrogens is 296 g/mol. The van der Waals surface area contributed by atoms with E-state index in [2.05, 4.69) is 9.97 Å². The Bertz CT molecular complexity index is 664. The summed E-state index contributed by atoms with van der Waals surface area (Å²) in [5.41, 5.74) is 1.63. The monoisotopic (exact) mass is 314 g/mol. The minimum absolute atomic E-state index is 0.0366. The van der Waals surface area contributed by atoms with E-state index >= 15 is 0 Å². The van der Waals surface area contributed by atoms with Gasteiger partial charge in [-0.15, -0.1) is 0 Å². The quantitative estimate of drug-likeness (QED) is 0.895. The molecule has 1 unspecified atom stereocenters.